The first-order valence-electron chi connectivity index (χ1n) is 9.27. The van der Waals surface area contributed by atoms with Crippen molar-refractivity contribution in [1.82, 2.24) is 10.6 Å². The summed E-state index contributed by atoms with van der Waals surface area (Å²) in [6.07, 6.45) is -6.58. The van der Waals surface area contributed by atoms with Crippen LogP contribution in [0.15, 0.2) is 16.2 Å². The van der Waals surface area contributed by atoms with Crippen LogP contribution in [0.2, 0.25) is 0 Å². The van der Waals surface area contributed by atoms with E-state index in [1.165, 1.54) is 3.58 Å². The number of hydrogen-bond acceptors (Lipinski definition) is 8. The number of aryl methyl sites for hydroxylation is 1. The van der Waals surface area contributed by atoms with Gasteiger partial charge in [0.15, 0.2) is 0 Å². The monoisotopic (exact) mass is 544 g/mol. The second-order valence-corrected chi connectivity index (χ2v) is 10.1. The van der Waals surface area contributed by atoms with E-state index < -0.39 is 54.5 Å². The van der Waals surface area contributed by atoms with Crippen molar-refractivity contribution < 1.29 is 44.7 Å². The van der Waals surface area contributed by atoms with Crippen molar-refractivity contribution in [2.24, 2.45) is 0 Å². The van der Waals surface area contributed by atoms with E-state index in [0.717, 1.165) is 6.92 Å². The molecule has 1 unspecified atom stereocenters. The number of carboxylic acid groups (broad SMARTS) is 1. The number of ether oxygens (including phenoxy) is 1. The van der Waals surface area contributed by atoms with Gasteiger partial charge < -0.3 is 5.11 Å². The average molecular weight is 542 g/mol. The minimum atomic E-state index is -2.81. The number of aliphatic hydroxyl groups is 4. The Bertz CT molecular complexity index is 744. The van der Waals surface area contributed by atoms with Gasteiger partial charge in [-0.3, -0.25) is 4.79 Å². The molecule has 0 radical (unpaired) electrons. The fourth-order valence-electron chi connectivity index (χ4n) is 3.15. The number of aliphatic hydroxyl groups excluding tert-OH is 3. The first-order chi connectivity index (χ1) is 14.0. The van der Waals surface area contributed by atoms with E-state index >= 15 is 0 Å². The molecule has 12 heteroatoms. The van der Waals surface area contributed by atoms with Crippen molar-refractivity contribution in [3.63, 3.8) is 0 Å². The van der Waals surface area contributed by atoms with Gasteiger partial charge in [0.2, 0.25) is 0 Å². The first kappa shape index (κ1) is 24.7. The van der Waals surface area contributed by atoms with E-state index in [1.807, 2.05) is 12.1 Å². The summed E-state index contributed by atoms with van der Waals surface area (Å²) in [4.78, 5) is 34.7. The molecule has 1 aromatic rings. The third kappa shape index (κ3) is 6.49. The summed E-state index contributed by atoms with van der Waals surface area (Å²) >= 11 is -0.338. The Morgan fingerprint density at radius 2 is 2.07 bits per heavy atom. The summed E-state index contributed by atoms with van der Waals surface area (Å²) < 4.78 is 8.40. The molecule has 2 amide bonds. The summed E-state index contributed by atoms with van der Waals surface area (Å²) in [6.45, 7) is 0.769. The van der Waals surface area contributed by atoms with Crippen molar-refractivity contribution in [3.8, 4) is 0 Å². The van der Waals surface area contributed by atoms with Crippen molar-refractivity contribution >= 4 is 38.2 Å². The zero-order valence-corrected chi connectivity index (χ0v) is 18.6. The summed E-state index contributed by atoms with van der Waals surface area (Å²) in [6, 6.07) is 2.65. The fraction of sp³-hybridized carbons (Fsp3) is 0.611. The minimum absolute atomic E-state index is 0.215. The molecule has 2 heterocycles. The van der Waals surface area contributed by atoms with Gasteiger partial charge in [0, 0.05) is 6.92 Å². The molecule has 0 saturated carbocycles. The van der Waals surface area contributed by atoms with Crippen LogP contribution in [0.3, 0.4) is 0 Å². The Labute approximate surface area is 182 Å². The Kier molecular flexibility index (Phi) is 8.81. The standard InChI is InChI=1S/C18H26N2O9Te/c1-9(21)20-14-11(22)7-18(28,17(26)27)29-16(14)15(25)12(23)8-19-13(24)5-4-10-3-2-6-30-10/h2-3,6,11-12,14-16,22-23,25,28H,4-5,7-8H2,1H3,(H,19,24)(H,20,21)(H,26,27)/t11-,12+,14+,15+,16+,18?/m0/s1. The van der Waals surface area contributed by atoms with Gasteiger partial charge in [0.1, 0.15) is 0 Å². The molecule has 0 aliphatic carbocycles. The van der Waals surface area contributed by atoms with Crippen LogP contribution in [0.5, 0.6) is 0 Å². The Hall–Kier alpha value is -1.52. The van der Waals surface area contributed by atoms with Crippen LogP contribution in [0.4, 0.5) is 0 Å². The first-order valence-corrected chi connectivity index (χ1v) is 11.8. The van der Waals surface area contributed by atoms with Crippen LogP contribution in [0, 0.1) is 0 Å². The van der Waals surface area contributed by atoms with Gasteiger partial charge in [-0.05, 0) is 0 Å². The van der Waals surface area contributed by atoms with Crippen molar-refractivity contribution in [2.45, 2.75) is 62.4 Å². The molecule has 11 nitrogen and oxygen atoms in total. The van der Waals surface area contributed by atoms with Gasteiger partial charge in [-0.2, -0.15) is 0 Å². The molecular weight excluding hydrogens is 516 g/mol. The number of amides is 2. The van der Waals surface area contributed by atoms with E-state index in [1.54, 1.807) is 0 Å². The molecular formula is C18H26N2O9Te. The summed E-state index contributed by atoms with van der Waals surface area (Å²) in [7, 11) is 0. The van der Waals surface area contributed by atoms with Gasteiger partial charge >= 0.3 is 161 Å². The van der Waals surface area contributed by atoms with Crippen LogP contribution in [0.25, 0.3) is 0 Å². The maximum atomic E-state index is 12.0. The molecule has 0 bridgehead atoms. The van der Waals surface area contributed by atoms with E-state index in [0.29, 0.717) is 6.42 Å². The van der Waals surface area contributed by atoms with Crippen molar-refractivity contribution in [1.29, 1.82) is 0 Å². The molecule has 168 valence electrons. The Morgan fingerprint density at radius 1 is 1.37 bits per heavy atom. The average Bonchev–Trinajstić information content (AvgIpc) is 3.19. The van der Waals surface area contributed by atoms with Crippen LogP contribution < -0.4 is 10.6 Å². The van der Waals surface area contributed by atoms with Crippen molar-refractivity contribution in [2.75, 3.05) is 6.54 Å². The Balaban J connectivity index is 1.99. The van der Waals surface area contributed by atoms with Gasteiger partial charge in [-0.25, -0.2) is 4.79 Å². The van der Waals surface area contributed by atoms with E-state index in [4.69, 9.17) is 9.84 Å². The molecule has 1 fully saturated rings. The molecule has 1 aliphatic rings. The molecule has 2 rings (SSSR count). The predicted octanol–water partition coefficient (Wildman–Crippen LogP) is -3.06. The van der Waals surface area contributed by atoms with Gasteiger partial charge in [0.25, 0.3) is 0 Å². The zero-order chi connectivity index (χ0) is 22.5. The van der Waals surface area contributed by atoms with E-state index in [9.17, 15) is 34.8 Å². The maximum absolute atomic E-state index is 12.0. The number of carbonyl (C=O) groups is 3. The number of rotatable bonds is 9. The topological polar surface area (TPSA) is 186 Å². The number of aliphatic carboxylic acids is 1. The quantitative estimate of drug-likeness (QED) is 0.159. The molecule has 1 aliphatic heterocycles. The normalized spacial score (nSPS) is 28.4. The number of nitrogens with one attached hydrogen (secondary N) is 2. The summed E-state index contributed by atoms with van der Waals surface area (Å²) in [5.74, 6) is -5.54. The molecule has 0 aromatic carbocycles. The van der Waals surface area contributed by atoms with E-state index in [-0.39, 0.29) is 39.3 Å². The molecule has 1 saturated heterocycles. The predicted molar refractivity (Wildman–Crippen MR) is 102 cm³/mol. The Morgan fingerprint density at radius 3 is 2.63 bits per heavy atom. The van der Waals surface area contributed by atoms with Crippen LogP contribution >= 0.6 is 0 Å². The number of hydrogen-bond donors (Lipinski definition) is 7. The summed E-state index contributed by atoms with van der Waals surface area (Å²) in [5.41, 5.74) is 0. The van der Waals surface area contributed by atoms with E-state index in [2.05, 4.69) is 14.7 Å². The van der Waals surface area contributed by atoms with Crippen molar-refractivity contribution in [3.05, 3.63) is 19.8 Å². The fourth-order valence-corrected chi connectivity index (χ4v) is 5.17. The second kappa shape index (κ2) is 10.7. The SMILES string of the molecule is CC(=O)N[C@H]1[C@H]([C@H](O)[C@H](O)CNC(=O)CCc2ccc[te]2)OC(O)(C(=O)O)C[C@@H]1O. The van der Waals surface area contributed by atoms with Gasteiger partial charge in [-0.15, -0.1) is 0 Å². The molecule has 0 spiro atoms. The van der Waals surface area contributed by atoms with Crippen LogP contribution in [-0.2, 0) is 25.5 Å². The van der Waals surface area contributed by atoms with Crippen LogP contribution in [-0.4, -0.2) is 107 Å². The van der Waals surface area contributed by atoms with Gasteiger partial charge in [-0.1, -0.05) is 0 Å². The van der Waals surface area contributed by atoms with Crippen LogP contribution in [0.1, 0.15) is 23.3 Å². The van der Waals surface area contributed by atoms with Gasteiger partial charge in [0.05, 0.1) is 0 Å². The molecule has 1 aromatic heterocycles. The number of carbonyl (C=O) groups excluding carboxylic acids is 2. The molecule has 30 heavy (non-hydrogen) atoms. The molecule has 6 atom stereocenters. The zero-order valence-electron chi connectivity index (χ0n) is 16.2. The second-order valence-electron chi connectivity index (χ2n) is 7.11. The number of carboxylic acids is 1. The third-order valence-electron chi connectivity index (χ3n) is 4.71. The third-order valence-corrected chi connectivity index (χ3v) is 7.38. The summed E-state index contributed by atoms with van der Waals surface area (Å²) in [5, 5.41) is 55.0. The molecule has 7 N–H and O–H groups in total.